The summed E-state index contributed by atoms with van der Waals surface area (Å²) in [5.41, 5.74) is -7.07. The zero-order chi connectivity index (χ0) is 32.2. The number of hydrogen-bond donors (Lipinski definition) is 1. The molecule has 17 heteroatoms. The number of aliphatic hydroxyl groups is 1. The van der Waals surface area contributed by atoms with E-state index in [0.717, 1.165) is 42.7 Å². The Kier molecular flexibility index (Phi) is 8.47. The predicted molar refractivity (Wildman–Crippen MR) is 138 cm³/mol. The van der Waals surface area contributed by atoms with Crippen LogP contribution in [0.5, 0.6) is 0 Å². The lowest BCUT2D eigenvalue weighted by Gasteiger charge is -2.34. The van der Waals surface area contributed by atoms with Crippen molar-refractivity contribution in [3.63, 3.8) is 0 Å². The molecule has 0 aromatic heterocycles. The monoisotopic (exact) mass is 660 g/mol. The molecule has 2 aliphatic heterocycles. The number of benzene rings is 2. The van der Waals surface area contributed by atoms with Gasteiger partial charge in [0, 0.05) is 37.7 Å². The summed E-state index contributed by atoms with van der Waals surface area (Å²) >= 11 is 0. The number of nitrogens with zero attached hydrogens (tertiary/aromatic N) is 2. The fraction of sp³-hybridized carbons (Fsp3) is 0.500. The molecule has 2 saturated heterocycles. The van der Waals surface area contributed by atoms with Gasteiger partial charge in [0.25, 0.3) is 5.60 Å². The molecule has 0 spiro atoms. The highest BCUT2D eigenvalue weighted by Gasteiger charge is 2.71. The van der Waals surface area contributed by atoms with Crippen LogP contribution in [-0.2, 0) is 35.0 Å². The minimum atomic E-state index is -6.16. The average molecular weight is 661 g/mol. The quantitative estimate of drug-likeness (QED) is 0.374. The number of piperidine rings is 1. The van der Waals surface area contributed by atoms with Crippen LogP contribution in [0.3, 0.4) is 0 Å². The van der Waals surface area contributed by atoms with Crippen LogP contribution in [0.2, 0.25) is 0 Å². The number of halogens is 7. The number of sulfonamides is 1. The van der Waals surface area contributed by atoms with Gasteiger partial charge in [0.15, 0.2) is 9.84 Å². The third kappa shape index (κ3) is 5.76. The molecule has 2 heterocycles. The molecule has 8 nitrogen and oxygen atoms in total. The smallest absolute Gasteiger partial charge is 0.369 e. The second-order valence-electron chi connectivity index (χ2n) is 10.7. The zero-order valence-corrected chi connectivity index (χ0v) is 24.1. The van der Waals surface area contributed by atoms with E-state index in [0.29, 0.717) is 12.1 Å². The summed E-state index contributed by atoms with van der Waals surface area (Å²) in [7, 11) is -8.05. The summed E-state index contributed by atoms with van der Waals surface area (Å²) in [4.78, 5) is 14.2. The van der Waals surface area contributed by atoms with Crippen molar-refractivity contribution in [2.24, 2.45) is 5.92 Å². The first-order chi connectivity index (χ1) is 19.6. The Morgan fingerprint density at radius 1 is 0.860 bits per heavy atom. The van der Waals surface area contributed by atoms with Crippen molar-refractivity contribution in [2.45, 2.75) is 46.9 Å². The van der Waals surface area contributed by atoms with Crippen LogP contribution in [0.4, 0.5) is 30.7 Å². The molecule has 1 atom stereocenters. The molecule has 0 radical (unpaired) electrons. The molecule has 238 valence electrons. The molecular weight excluding hydrogens is 633 g/mol. The maximum atomic E-state index is 14.0. The Bertz CT molecular complexity index is 1560. The second-order valence-corrected chi connectivity index (χ2v) is 14.9. The number of carbonyl (C=O) groups is 1. The lowest BCUT2D eigenvalue weighted by molar-refractivity contribution is -0.376. The van der Waals surface area contributed by atoms with Gasteiger partial charge in [0.1, 0.15) is 10.6 Å². The number of sulfone groups is 1. The first-order valence-electron chi connectivity index (χ1n) is 12.9. The summed E-state index contributed by atoms with van der Waals surface area (Å²) in [5.74, 6) is -1.90. The number of hydrogen-bond acceptors (Lipinski definition) is 6. The molecule has 2 aromatic rings. The van der Waals surface area contributed by atoms with Gasteiger partial charge in [0.2, 0.25) is 15.9 Å². The summed E-state index contributed by atoms with van der Waals surface area (Å²) in [6, 6.07) is 5.78. The number of rotatable bonds is 6. The molecule has 4 rings (SSSR count). The van der Waals surface area contributed by atoms with Gasteiger partial charge >= 0.3 is 12.4 Å². The second kappa shape index (κ2) is 11.0. The van der Waals surface area contributed by atoms with E-state index >= 15 is 0 Å². The molecule has 2 aliphatic rings. The first-order valence-corrected chi connectivity index (χ1v) is 16.2. The molecule has 2 aromatic carbocycles. The Morgan fingerprint density at radius 2 is 1.37 bits per heavy atom. The zero-order valence-electron chi connectivity index (χ0n) is 22.5. The minimum Gasteiger partial charge on any atom is -0.369 e. The van der Waals surface area contributed by atoms with Crippen LogP contribution in [0, 0.1) is 11.7 Å². The Hall–Kier alpha value is -2.76. The molecule has 2 fully saturated rings. The van der Waals surface area contributed by atoms with Gasteiger partial charge in [-0.2, -0.15) is 26.3 Å². The van der Waals surface area contributed by atoms with Crippen molar-refractivity contribution >= 4 is 25.8 Å². The molecular formula is C26H27F7N2O6S2. The van der Waals surface area contributed by atoms with Crippen molar-refractivity contribution in [3.8, 4) is 0 Å². The number of carbonyl (C=O) groups excluding carboxylic acids is 1. The number of likely N-dealkylation sites (tertiary alicyclic amines) is 1. The predicted octanol–water partition coefficient (Wildman–Crippen LogP) is 3.71. The third-order valence-corrected chi connectivity index (χ3v) is 11.9. The largest absolute Gasteiger partial charge is 0.430 e. The molecule has 43 heavy (non-hydrogen) atoms. The lowest BCUT2D eigenvalue weighted by Crippen LogP contribution is -2.54. The first kappa shape index (κ1) is 33.1. The molecule has 1 N–H and O–H groups in total. The minimum absolute atomic E-state index is 0.0604. The summed E-state index contributed by atoms with van der Waals surface area (Å²) < 4.78 is 145. The maximum absolute atomic E-state index is 14.0. The van der Waals surface area contributed by atoms with E-state index in [1.807, 2.05) is 0 Å². The molecule has 1 unspecified atom stereocenters. The van der Waals surface area contributed by atoms with Gasteiger partial charge in [0.05, 0.1) is 11.2 Å². The van der Waals surface area contributed by atoms with Crippen molar-refractivity contribution in [2.75, 3.05) is 32.4 Å². The molecule has 1 amide bonds. The van der Waals surface area contributed by atoms with E-state index in [-0.39, 0.29) is 44.5 Å². The number of amides is 1. The third-order valence-electron chi connectivity index (χ3n) is 8.10. The van der Waals surface area contributed by atoms with Crippen LogP contribution in [0.15, 0.2) is 53.4 Å². The van der Waals surface area contributed by atoms with Crippen molar-refractivity contribution in [1.29, 1.82) is 0 Å². The van der Waals surface area contributed by atoms with Gasteiger partial charge in [-0.3, -0.25) is 4.79 Å². The molecule has 0 bridgehead atoms. The van der Waals surface area contributed by atoms with E-state index < -0.39 is 77.2 Å². The van der Waals surface area contributed by atoms with Crippen LogP contribution >= 0.6 is 0 Å². The highest BCUT2D eigenvalue weighted by Crippen LogP contribution is 2.51. The van der Waals surface area contributed by atoms with E-state index in [1.165, 1.54) is 9.21 Å². The van der Waals surface area contributed by atoms with E-state index in [1.54, 1.807) is 0 Å². The Morgan fingerprint density at radius 3 is 1.84 bits per heavy atom. The fourth-order valence-electron chi connectivity index (χ4n) is 5.62. The maximum Gasteiger partial charge on any atom is 0.430 e. The van der Waals surface area contributed by atoms with Crippen molar-refractivity contribution in [3.05, 3.63) is 65.5 Å². The SMILES string of the molecule is CS(=O)(=O)N1CCC(C(=O)N2CCC(c3ccc(C(O)(C(F)(F)F)C(F)(F)F)cc3)(S(=O)(=O)c3ccc(F)cc3)C2)CC1. The van der Waals surface area contributed by atoms with Gasteiger partial charge < -0.3 is 10.0 Å². The van der Waals surface area contributed by atoms with Crippen molar-refractivity contribution in [1.82, 2.24) is 9.21 Å². The summed E-state index contributed by atoms with van der Waals surface area (Å²) in [5, 5.41) is 9.77. The van der Waals surface area contributed by atoms with Gasteiger partial charge in [-0.15, -0.1) is 0 Å². The Labute approximate surface area is 243 Å². The number of alkyl halides is 6. The van der Waals surface area contributed by atoms with Crippen LogP contribution in [0.1, 0.15) is 30.4 Å². The highest BCUT2D eigenvalue weighted by molar-refractivity contribution is 7.92. The van der Waals surface area contributed by atoms with Crippen molar-refractivity contribution < 1.29 is 57.5 Å². The van der Waals surface area contributed by atoms with E-state index in [2.05, 4.69) is 0 Å². The van der Waals surface area contributed by atoms with E-state index in [9.17, 15) is 57.5 Å². The van der Waals surface area contributed by atoms with Gasteiger partial charge in [-0.25, -0.2) is 25.5 Å². The molecule has 0 saturated carbocycles. The highest BCUT2D eigenvalue weighted by atomic mass is 32.2. The van der Waals surface area contributed by atoms with Gasteiger partial charge in [-0.05, 0) is 49.1 Å². The summed E-state index contributed by atoms with van der Waals surface area (Å²) in [6.45, 7) is -0.557. The Balaban J connectivity index is 1.74. The van der Waals surface area contributed by atoms with E-state index in [4.69, 9.17) is 0 Å². The lowest BCUT2D eigenvalue weighted by atomic mass is 9.89. The normalized spacial score (nSPS) is 21.7. The topological polar surface area (TPSA) is 112 Å². The summed E-state index contributed by atoms with van der Waals surface area (Å²) in [6.07, 6.45) is -11.3. The van der Waals surface area contributed by atoms with Gasteiger partial charge in [-0.1, -0.05) is 24.3 Å². The fourth-order valence-corrected chi connectivity index (χ4v) is 8.57. The average Bonchev–Trinajstić information content (AvgIpc) is 3.38. The van der Waals surface area contributed by atoms with Crippen LogP contribution < -0.4 is 0 Å². The van der Waals surface area contributed by atoms with Crippen LogP contribution in [-0.4, -0.2) is 81.8 Å². The van der Waals surface area contributed by atoms with Crippen LogP contribution in [0.25, 0.3) is 0 Å². The molecule has 0 aliphatic carbocycles. The standard InChI is InChI=1S/C26H27F7N2O6S2/c1-42(38,39)35-13-10-17(11-14-35)22(36)34-15-12-23(16-34,43(40,41)21-8-6-20(27)7-9-21)18-2-4-19(5-3-18)24(37,25(28,29)30)26(31,32)33/h2-9,17,37H,10-16H2,1H3.